The van der Waals surface area contributed by atoms with Gasteiger partial charge in [-0.1, -0.05) is 260 Å². The topological polar surface area (TPSA) is 175 Å². The zero-order valence-corrected chi connectivity index (χ0v) is 49.1. The maximum atomic E-state index is 13.4. The van der Waals surface area contributed by atoms with Crippen molar-refractivity contribution in [2.75, 3.05) is 13.2 Å². The van der Waals surface area contributed by atoms with Crippen molar-refractivity contribution in [3.63, 3.8) is 0 Å². The van der Waals surface area contributed by atoms with Crippen LogP contribution in [0.4, 0.5) is 0 Å². The van der Waals surface area contributed by atoms with E-state index in [0.717, 1.165) is 70.6 Å². The third kappa shape index (κ3) is 41.5. The van der Waals surface area contributed by atoms with Gasteiger partial charge >= 0.3 is 5.97 Å². The van der Waals surface area contributed by atoms with Crippen LogP contribution in [0.5, 0.6) is 0 Å². The van der Waals surface area contributed by atoms with Gasteiger partial charge in [0.15, 0.2) is 12.4 Å². The molecular weight excluding hydrogens is 967 g/mol. The van der Waals surface area contributed by atoms with Crippen LogP contribution >= 0.6 is 0 Å². The first-order valence-corrected chi connectivity index (χ1v) is 31.4. The molecule has 1 rings (SSSR count). The Kier molecular flexibility index (Phi) is 49.9. The number of hydrogen-bond acceptors (Lipinski definition) is 10. The summed E-state index contributed by atoms with van der Waals surface area (Å²) in [4.78, 5) is 26.5. The zero-order valence-electron chi connectivity index (χ0n) is 49.1. The third-order valence-electron chi connectivity index (χ3n) is 14.4. The average molecular weight is 1080 g/mol. The molecular formula is C66H115NO10. The Labute approximate surface area is 470 Å². The third-order valence-corrected chi connectivity index (χ3v) is 14.4. The molecule has 1 amide bonds. The highest BCUT2D eigenvalue weighted by Crippen LogP contribution is 2.26. The van der Waals surface area contributed by atoms with Crippen molar-refractivity contribution in [2.24, 2.45) is 0 Å². The Bertz CT molecular complexity index is 1570. The largest absolute Gasteiger partial charge is 0.454 e. The number of rotatable bonds is 52. The van der Waals surface area contributed by atoms with Gasteiger partial charge in [0.05, 0.1) is 25.4 Å². The molecule has 0 aromatic heterocycles. The summed E-state index contributed by atoms with van der Waals surface area (Å²) in [6, 6.07) is -1.04. The number of nitrogens with one attached hydrogen (secondary N) is 1. The summed E-state index contributed by atoms with van der Waals surface area (Å²) in [5.74, 6) is -1.24. The van der Waals surface area contributed by atoms with Gasteiger partial charge in [-0.05, 0) is 77.0 Å². The quantitative estimate of drug-likeness (QED) is 0.0149. The number of carbonyl (C=O) groups is 2. The number of unbranched alkanes of at least 4 members (excludes halogenated alkanes) is 29. The fourth-order valence-corrected chi connectivity index (χ4v) is 9.40. The molecule has 0 aromatic rings. The van der Waals surface area contributed by atoms with Crippen LogP contribution in [0.15, 0.2) is 85.1 Å². The van der Waals surface area contributed by atoms with Crippen LogP contribution in [-0.2, 0) is 23.8 Å². The Hall–Kier alpha value is -3.16. The second kappa shape index (κ2) is 53.5. The highest BCUT2D eigenvalue weighted by molar-refractivity contribution is 5.80. The molecule has 0 spiro atoms. The van der Waals surface area contributed by atoms with Gasteiger partial charge < -0.3 is 45.1 Å². The minimum absolute atomic E-state index is 0.0748. The number of esters is 1. The molecule has 11 nitrogen and oxygen atoms in total. The lowest BCUT2D eigenvalue weighted by Crippen LogP contribution is -2.61. The number of allylic oxidation sites excluding steroid dienone is 13. The highest BCUT2D eigenvalue weighted by atomic mass is 16.7. The zero-order chi connectivity index (χ0) is 56.1. The summed E-state index contributed by atoms with van der Waals surface area (Å²) < 4.78 is 17.6. The number of ether oxygens (including phenoxy) is 3. The molecule has 1 aliphatic rings. The molecule has 8 atom stereocenters. The van der Waals surface area contributed by atoms with E-state index in [2.05, 4.69) is 62.5 Å². The second-order valence-electron chi connectivity index (χ2n) is 21.5. The van der Waals surface area contributed by atoms with Gasteiger partial charge in [-0.15, -0.1) is 0 Å². The van der Waals surface area contributed by atoms with E-state index < -0.39 is 67.4 Å². The Balaban J connectivity index is 2.67. The van der Waals surface area contributed by atoms with Gasteiger partial charge in [-0.3, -0.25) is 9.59 Å². The van der Waals surface area contributed by atoms with Gasteiger partial charge in [0.1, 0.15) is 24.4 Å². The predicted molar refractivity (Wildman–Crippen MR) is 319 cm³/mol. The van der Waals surface area contributed by atoms with Crippen molar-refractivity contribution >= 4 is 11.9 Å². The first-order valence-electron chi connectivity index (χ1n) is 31.4. The lowest BCUT2D eigenvalue weighted by molar-refractivity contribution is -0.305. The molecule has 444 valence electrons. The van der Waals surface area contributed by atoms with Crippen LogP contribution in [0, 0.1) is 0 Å². The first kappa shape index (κ1) is 71.9. The van der Waals surface area contributed by atoms with E-state index in [1.807, 2.05) is 42.5 Å². The first-order chi connectivity index (χ1) is 37.7. The fourth-order valence-electron chi connectivity index (χ4n) is 9.40. The SMILES string of the molecule is CC/C=C/C=C/C=C\C=C/CCCCCC(=O)OC1C(OCC(NC(=O)C(O)CCCCCCCCCCCCCC/C=C\C/C=C\CCCCC)C(O)/C=C/CCCCCCCCCCCCC)OC(CO)C(O)C1O. The number of amides is 1. The summed E-state index contributed by atoms with van der Waals surface area (Å²) in [5, 5.41) is 57.0. The smallest absolute Gasteiger partial charge is 0.306 e. The Morgan fingerprint density at radius 1 is 0.532 bits per heavy atom. The van der Waals surface area contributed by atoms with Crippen LogP contribution in [0.2, 0.25) is 0 Å². The second-order valence-corrected chi connectivity index (χ2v) is 21.5. The monoisotopic (exact) mass is 1080 g/mol. The molecule has 0 saturated carbocycles. The maximum Gasteiger partial charge on any atom is 0.306 e. The molecule has 77 heavy (non-hydrogen) atoms. The standard InChI is InChI=1S/C66H115NO10/c1-4-7-10-13-16-19-22-25-26-27-28-29-30-31-32-33-36-38-41-44-47-50-53-59(70)65(74)67-57(58(69)52-49-46-43-40-37-34-23-20-17-14-11-8-5-2)56-75-66-64(63(73)62(72)60(55-68)76-66)77-61(71)54-51-48-45-42-39-35-24-21-18-15-12-9-6-3/h9,12,15-16,18-19,21,24-26,35,39,49,52,57-60,62-64,66,68-70,72-73H,4-8,10-11,13-14,17,20,22-23,27-34,36-38,40-48,50-51,53-56H2,1-3H3,(H,67,74)/b12-9+,18-15+,19-16-,24-21-,26-25-,39-35-,52-49+. The number of aliphatic hydroxyl groups excluding tert-OH is 5. The summed E-state index contributed by atoms with van der Waals surface area (Å²) in [7, 11) is 0. The summed E-state index contributed by atoms with van der Waals surface area (Å²) in [6.45, 7) is 5.60. The molecule has 8 unspecified atom stereocenters. The van der Waals surface area contributed by atoms with E-state index in [-0.39, 0.29) is 19.4 Å². The molecule has 11 heteroatoms. The minimum atomic E-state index is -1.63. The van der Waals surface area contributed by atoms with Crippen molar-refractivity contribution in [1.82, 2.24) is 5.32 Å². The van der Waals surface area contributed by atoms with Gasteiger partial charge in [0.25, 0.3) is 0 Å². The van der Waals surface area contributed by atoms with E-state index in [0.29, 0.717) is 12.8 Å². The minimum Gasteiger partial charge on any atom is -0.454 e. The molecule has 0 aromatic carbocycles. The van der Waals surface area contributed by atoms with E-state index in [9.17, 15) is 35.1 Å². The van der Waals surface area contributed by atoms with E-state index in [1.165, 1.54) is 141 Å². The highest BCUT2D eigenvalue weighted by Gasteiger charge is 2.47. The number of aliphatic hydroxyl groups is 5. The summed E-state index contributed by atoms with van der Waals surface area (Å²) in [5.41, 5.74) is 0. The average Bonchev–Trinajstić information content (AvgIpc) is 3.43. The van der Waals surface area contributed by atoms with Crippen LogP contribution in [0.1, 0.15) is 258 Å². The van der Waals surface area contributed by atoms with Gasteiger partial charge in [0, 0.05) is 6.42 Å². The fraction of sp³-hybridized carbons (Fsp3) is 0.758. The lowest BCUT2D eigenvalue weighted by Gasteiger charge is -2.41. The molecule has 1 aliphatic heterocycles. The summed E-state index contributed by atoms with van der Waals surface area (Å²) in [6.07, 6.45) is 59.1. The maximum absolute atomic E-state index is 13.4. The van der Waals surface area contributed by atoms with E-state index >= 15 is 0 Å². The predicted octanol–water partition coefficient (Wildman–Crippen LogP) is 14.9. The van der Waals surface area contributed by atoms with Crippen LogP contribution in [-0.4, -0.2) is 99.6 Å². The lowest BCUT2D eigenvalue weighted by atomic mass is 9.99. The van der Waals surface area contributed by atoms with Crippen LogP contribution < -0.4 is 5.32 Å². The number of carbonyl (C=O) groups excluding carboxylic acids is 2. The molecule has 0 aliphatic carbocycles. The van der Waals surface area contributed by atoms with Crippen molar-refractivity contribution in [3.8, 4) is 0 Å². The van der Waals surface area contributed by atoms with Crippen LogP contribution in [0.25, 0.3) is 0 Å². The Morgan fingerprint density at radius 2 is 0.987 bits per heavy atom. The Morgan fingerprint density at radius 3 is 1.53 bits per heavy atom. The summed E-state index contributed by atoms with van der Waals surface area (Å²) >= 11 is 0. The van der Waals surface area contributed by atoms with Crippen molar-refractivity contribution < 1.29 is 49.3 Å². The van der Waals surface area contributed by atoms with Crippen LogP contribution in [0.3, 0.4) is 0 Å². The molecule has 1 heterocycles. The van der Waals surface area contributed by atoms with Gasteiger partial charge in [-0.2, -0.15) is 0 Å². The molecule has 1 saturated heterocycles. The van der Waals surface area contributed by atoms with E-state index in [1.54, 1.807) is 6.08 Å². The van der Waals surface area contributed by atoms with Gasteiger partial charge in [0.2, 0.25) is 5.91 Å². The van der Waals surface area contributed by atoms with Gasteiger partial charge in [-0.25, -0.2) is 0 Å². The van der Waals surface area contributed by atoms with Crippen molar-refractivity contribution in [2.45, 2.75) is 307 Å². The van der Waals surface area contributed by atoms with Crippen molar-refractivity contribution in [3.05, 3.63) is 85.1 Å². The molecule has 1 fully saturated rings. The number of hydrogen-bond donors (Lipinski definition) is 6. The molecule has 0 radical (unpaired) electrons. The van der Waals surface area contributed by atoms with E-state index in [4.69, 9.17) is 14.2 Å². The molecule has 6 N–H and O–H groups in total. The van der Waals surface area contributed by atoms with Crippen molar-refractivity contribution in [1.29, 1.82) is 0 Å². The molecule has 0 bridgehead atoms. The normalized spacial score (nSPS) is 19.6.